The van der Waals surface area contributed by atoms with Gasteiger partial charge in [0.15, 0.2) is 0 Å². The van der Waals surface area contributed by atoms with Crippen LogP contribution in [0.1, 0.15) is 25.8 Å². The summed E-state index contributed by atoms with van der Waals surface area (Å²) in [5.74, 6) is -0.770. The molecule has 0 radical (unpaired) electrons. The molecule has 0 spiro atoms. The zero-order chi connectivity index (χ0) is 22.9. The Morgan fingerprint density at radius 3 is 2.19 bits per heavy atom. The Balaban J connectivity index is 1.73. The van der Waals surface area contributed by atoms with Gasteiger partial charge in [0.25, 0.3) is 5.91 Å². The lowest BCUT2D eigenvalue weighted by Gasteiger charge is -2.27. The molecule has 0 bridgehead atoms. The number of hydrogen-bond donors (Lipinski definition) is 4. The van der Waals surface area contributed by atoms with Gasteiger partial charge in [0, 0.05) is 24.9 Å². The molecule has 166 valence electrons. The molecule has 8 nitrogen and oxygen atoms in total. The van der Waals surface area contributed by atoms with Gasteiger partial charge in [-0.25, -0.2) is 0 Å². The predicted octanol–water partition coefficient (Wildman–Crippen LogP) is 1.55. The summed E-state index contributed by atoms with van der Waals surface area (Å²) in [7, 11) is 0. The molecule has 0 saturated carbocycles. The lowest BCUT2D eigenvalue weighted by atomic mass is 9.87. The molecule has 2 amide bonds. The first-order chi connectivity index (χ1) is 14.7. The molecular formula is C23H28N2O6. The first-order valence-corrected chi connectivity index (χ1v) is 9.92. The zero-order valence-electron chi connectivity index (χ0n) is 17.6. The summed E-state index contributed by atoms with van der Waals surface area (Å²) in [6.45, 7) is 2.79. The van der Waals surface area contributed by atoms with E-state index in [1.165, 1.54) is 13.8 Å². The first kappa shape index (κ1) is 24.0. The summed E-state index contributed by atoms with van der Waals surface area (Å²) >= 11 is 0. The van der Waals surface area contributed by atoms with Gasteiger partial charge < -0.3 is 25.6 Å². The van der Waals surface area contributed by atoms with Crippen molar-refractivity contribution in [2.45, 2.75) is 32.9 Å². The lowest BCUT2D eigenvalue weighted by molar-refractivity contribution is -0.139. The average Bonchev–Trinajstić information content (AvgIpc) is 2.78. The number of amides is 2. The maximum atomic E-state index is 12.0. The number of hydrogen-bond acceptors (Lipinski definition) is 6. The van der Waals surface area contributed by atoms with Crippen molar-refractivity contribution < 1.29 is 29.3 Å². The third-order valence-electron chi connectivity index (χ3n) is 4.66. The minimum Gasteiger partial charge on any atom is -0.457 e. The second-order valence-corrected chi connectivity index (χ2v) is 7.76. The number of carbonyl (C=O) groups is 3. The maximum absolute atomic E-state index is 12.0. The fourth-order valence-corrected chi connectivity index (χ4v) is 2.53. The van der Waals surface area contributed by atoms with E-state index in [1.54, 1.807) is 24.3 Å². The van der Waals surface area contributed by atoms with Crippen LogP contribution < -0.4 is 15.4 Å². The van der Waals surface area contributed by atoms with E-state index >= 15 is 0 Å². The number of carbonyl (C=O) groups excluding carboxylic acids is 3. The standard InChI is InChI=1S/C23H28N2O6/c1-23(2,15-26)20(28)22(30)24-13-12-19(27)21(29)25-14-16-8-10-18(11-9-16)31-17-6-4-3-5-7-17/h3-11,20,26,28H,12-15H2,1-2H3,(H,24,30)(H,25,29). The summed E-state index contributed by atoms with van der Waals surface area (Å²) < 4.78 is 5.70. The van der Waals surface area contributed by atoms with Gasteiger partial charge in [-0.1, -0.05) is 44.2 Å². The Morgan fingerprint density at radius 1 is 0.968 bits per heavy atom. The Morgan fingerprint density at radius 2 is 1.58 bits per heavy atom. The largest absolute Gasteiger partial charge is 0.457 e. The number of aliphatic hydroxyl groups excluding tert-OH is 2. The van der Waals surface area contributed by atoms with E-state index in [2.05, 4.69) is 10.6 Å². The van der Waals surface area contributed by atoms with Crippen LogP contribution in [-0.4, -0.2) is 47.1 Å². The van der Waals surface area contributed by atoms with Crippen molar-refractivity contribution in [2.24, 2.45) is 5.41 Å². The van der Waals surface area contributed by atoms with Gasteiger partial charge in [-0.05, 0) is 29.8 Å². The second-order valence-electron chi connectivity index (χ2n) is 7.76. The highest BCUT2D eigenvalue weighted by Gasteiger charge is 2.32. The fourth-order valence-electron chi connectivity index (χ4n) is 2.53. The topological polar surface area (TPSA) is 125 Å². The molecule has 0 heterocycles. The highest BCUT2D eigenvalue weighted by molar-refractivity contribution is 6.36. The van der Waals surface area contributed by atoms with Crippen LogP contribution >= 0.6 is 0 Å². The molecule has 2 aromatic carbocycles. The molecule has 8 heteroatoms. The molecule has 0 aliphatic carbocycles. The number of nitrogens with one attached hydrogen (secondary N) is 2. The third-order valence-corrected chi connectivity index (χ3v) is 4.66. The lowest BCUT2D eigenvalue weighted by Crippen LogP contribution is -2.46. The predicted molar refractivity (Wildman–Crippen MR) is 114 cm³/mol. The smallest absolute Gasteiger partial charge is 0.287 e. The molecule has 0 aromatic heterocycles. The SMILES string of the molecule is CC(C)(CO)C(O)C(=O)NCCC(=O)C(=O)NCc1ccc(Oc2ccccc2)cc1. The van der Waals surface area contributed by atoms with E-state index in [0.29, 0.717) is 11.5 Å². The van der Waals surface area contributed by atoms with Gasteiger partial charge in [-0.3, -0.25) is 14.4 Å². The van der Waals surface area contributed by atoms with Crippen LogP contribution in [0, 0.1) is 5.41 Å². The van der Waals surface area contributed by atoms with E-state index < -0.39 is 29.1 Å². The molecule has 0 aliphatic heterocycles. The highest BCUT2D eigenvalue weighted by atomic mass is 16.5. The highest BCUT2D eigenvalue weighted by Crippen LogP contribution is 2.21. The summed E-state index contributed by atoms with van der Waals surface area (Å²) in [4.78, 5) is 35.8. The Labute approximate surface area is 181 Å². The van der Waals surface area contributed by atoms with Crippen molar-refractivity contribution in [3.05, 3.63) is 60.2 Å². The van der Waals surface area contributed by atoms with Crippen molar-refractivity contribution in [2.75, 3.05) is 13.2 Å². The number of benzene rings is 2. The summed E-state index contributed by atoms with van der Waals surface area (Å²) in [5, 5.41) is 24.0. The van der Waals surface area contributed by atoms with Gasteiger partial charge in [0.05, 0.1) is 6.61 Å². The Hall–Kier alpha value is -3.23. The number of rotatable bonds is 11. The van der Waals surface area contributed by atoms with Crippen LogP contribution in [0.3, 0.4) is 0 Å². The fraction of sp³-hybridized carbons (Fsp3) is 0.348. The molecular weight excluding hydrogens is 400 g/mol. The molecule has 1 atom stereocenters. The minimum absolute atomic E-state index is 0.0881. The van der Waals surface area contributed by atoms with E-state index in [9.17, 15) is 24.6 Å². The summed E-state index contributed by atoms with van der Waals surface area (Å²) in [6.07, 6.45) is -1.62. The summed E-state index contributed by atoms with van der Waals surface area (Å²) in [5.41, 5.74) is -0.211. The second kappa shape index (κ2) is 11.2. The number of aliphatic hydroxyl groups is 2. The normalized spacial score (nSPS) is 12.0. The zero-order valence-corrected chi connectivity index (χ0v) is 17.6. The van der Waals surface area contributed by atoms with Gasteiger partial charge >= 0.3 is 0 Å². The van der Waals surface area contributed by atoms with Crippen LogP contribution in [0.25, 0.3) is 0 Å². The van der Waals surface area contributed by atoms with Gasteiger partial charge in [0.1, 0.15) is 17.6 Å². The van der Waals surface area contributed by atoms with Crippen LogP contribution in [0.5, 0.6) is 11.5 Å². The van der Waals surface area contributed by atoms with Crippen LogP contribution in [0.4, 0.5) is 0 Å². The Kier molecular flexibility index (Phi) is 8.72. The Bertz CT molecular complexity index is 881. The molecule has 1 unspecified atom stereocenters. The number of para-hydroxylation sites is 1. The van der Waals surface area contributed by atoms with Gasteiger partial charge in [0.2, 0.25) is 11.7 Å². The number of Topliss-reactive ketones (excluding diaryl/α,β-unsaturated/α-hetero) is 1. The van der Waals surface area contributed by atoms with Gasteiger partial charge in [-0.15, -0.1) is 0 Å². The number of ketones is 1. The molecule has 2 rings (SSSR count). The van der Waals surface area contributed by atoms with E-state index in [1.807, 2.05) is 30.3 Å². The third kappa shape index (κ3) is 7.51. The number of ether oxygens (including phenoxy) is 1. The monoisotopic (exact) mass is 428 g/mol. The van der Waals surface area contributed by atoms with Crippen molar-refractivity contribution in [3.8, 4) is 11.5 Å². The van der Waals surface area contributed by atoms with Crippen molar-refractivity contribution >= 4 is 17.6 Å². The van der Waals surface area contributed by atoms with Crippen LogP contribution in [0.15, 0.2) is 54.6 Å². The van der Waals surface area contributed by atoms with Gasteiger partial charge in [-0.2, -0.15) is 0 Å². The van der Waals surface area contributed by atoms with Crippen molar-refractivity contribution in [3.63, 3.8) is 0 Å². The van der Waals surface area contributed by atoms with E-state index in [0.717, 1.165) is 5.56 Å². The average molecular weight is 428 g/mol. The van der Waals surface area contributed by atoms with Crippen LogP contribution in [0.2, 0.25) is 0 Å². The summed E-state index contributed by atoms with van der Waals surface area (Å²) in [6, 6.07) is 16.4. The molecule has 0 aliphatic rings. The molecule has 4 N–H and O–H groups in total. The quantitative estimate of drug-likeness (QED) is 0.403. The molecule has 31 heavy (non-hydrogen) atoms. The minimum atomic E-state index is -1.42. The molecule has 0 fully saturated rings. The van der Waals surface area contributed by atoms with Crippen LogP contribution in [-0.2, 0) is 20.9 Å². The van der Waals surface area contributed by atoms with Crippen molar-refractivity contribution in [1.29, 1.82) is 0 Å². The first-order valence-electron chi connectivity index (χ1n) is 9.92. The molecule has 2 aromatic rings. The molecule has 0 saturated heterocycles. The van der Waals surface area contributed by atoms with Crippen molar-refractivity contribution in [1.82, 2.24) is 10.6 Å². The van der Waals surface area contributed by atoms with E-state index in [-0.39, 0.29) is 26.1 Å². The maximum Gasteiger partial charge on any atom is 0.287 e. The van der Waals surface area contributed by atoms with E-state index in [4.69, 9.17) is 4.74 Å².